The van der Waals surface area contributed by atoms with Crippen molar-refractivity contribution in [2.45, 2.75) is 97.9 Å². The van der Waals surface area contributed by atoms with E-state index in [-0.39, 0.29) is 18.1 Å². The number of rotatable bonds is 3. The second kappa shape index (κ2) is 8.35. The maximum absolute atomic E-state index is 14.3. The number of aliphatic hydroxyl groups excluding tert-OH is 5. The summed E-state index contributed by atoms with van der Waals surface area (Å²) in [6.45, 7) is 9.13. The quantitative estimate of drug-likeness (QED) is 0.322. The normalized spacial score (nSPS) is 51.1. The van der Waals surface area contributed by atoms with Crippen LogP contribution in [0.2, 0.25) is 0 Å². The van der Waals surface area contributed by atoms with Crippen LogP contribution in [0.3, 0.4) is 0 Å². The fourth-order valence-corrected chi connectivity index (χ4v) is 10.7. The molecule has 6 N–H and O–H groups in total. The van der Waals surface area contributed by atoms with Crippen molar-refractivity contribution in [3.63, 3.8) is 0 Å². The van der Waals surface area contributed by atoms with Gasteiger partial charge in [-0.3, -0.25) is 9.59 Å². The lowest BCUT2D eigenvalue weighted by atomic mass is 9.33. The first-order valence-corrected chi connectivity index (χ1v) is 14.3. The molecule has 0 amide bonds. The minimum absolute atomic E-state index is 0.141. The number of allylic oxidation sites excluding steroid dienone is 1. The van der Waals surface area contributed by atoms with Crippen LogP contribution < -0.4 is 0 Å². The van der Waals surface area contributed by atoms with E-state index >= 15 is 0 Å². The first-order chi connectivity index (χ1) is 17.5. The summed E-state index contributed by atoms with van der Waals surface area (Å²) >= 11 is 0. The van der Waals surface area contributed by atoms with Crippen molar-refractivity contribution in [2.24, 2.45) is 50.2 Å². The molecule has 5 aliphatic rings. The summed E-state index contributed by atoms with van der Waals surface area (Å²) in [6, 6.07) is 0. The van der Waals surface area contributed by atoms with Crippen molar-refractivity contribution < 1.29 is 40.2 Å². The lowest BCUT2D eigenvalue weighted by Crippen LogP contribution is -2.71. The van der Waals surface area contributed by atoms with Gasteiger partial charge in [0.2, 0.25) is 0 Å². The molecule has 0 heterocycles. The van der Waals surface area contributed by atoms with Crippen LogP contribution in [0, 0.1) is 50.2 Å². The number of carbonyl (C=O) groups is 2. The smallest absolute Gasteiger partial charge is 0.310 e. The lowest BCUT2D eigenvalue weighted by Gasteiger charge is -2.71. The molecule has 1 unspecified atom stereocenters. The van der Waals surface area contributed by atoms with Crippen LogP contribution in [0.25, 0.3) is 0 Å². The fraction of sp³-hybridized carbons (Fsp3) is 0.867. The number of hydrogen-bond donors (Lipinski definition) is 6. The van der Waals surface area contributed by atoms with E-state index in [0.29, 0.717) is 38.5 Å². The van der Waals surface area contributed by atoms with Crippen LogP contribution in [0.1, 0.15) is 79.6 Å². The van der Waals surface area contributed by atoms with Crippen LogP contribution in [-0.2, 0) is 9.59 Å². The van der Waals surface area contributed by atoms with E-state index in [1.54, 1.807) is 6.08 Å². The molecule has 0 aromatic heterocycles. The molecule has 38 heavy (non-hydrogen) atoms. The Balaban J connectivity index is 1.69. The fourth-order valence-electron chi connectivity index (χ4n) is 10.7. The van der Waals surface area contributed by atoms with Crippen molar-refractivity contribution in [1.82, 2.24) is 0 Å². The van der Waals surface area contributed by atoms with Gasteiger partial charge in [0.1, 0.15) is 0 Å². The van der Waals surface area contributed by atoms with Gasteiger partial charge >= 0.3 is 5.97 Å². The number of carboxylic acid groups (broad SMARTS) is 1. The summed E-state index contributed by atoms with van der Waals surface area (Å²) in [5.74, 6) is -2.65. The lowest BCUT2D eigenvalue weighted by molar-refractivity contribution is -0.253. The average Bonchev–Trinajstić information content (AvgIpc) is 2.83. The Kier molecular flexibility index (Phi) is 6.20. The molecule has 0 saturated heterocycles. The third-order valence-electron chi connectivity index (χ3n) is 13.2. The van der Waals surface area contributed by atoms with Gasteiger partial charge in [0.05, 0.1) is 36.9 Å². The number of ketones is 1. The van der Waals surface area contributed by atoms with Crippen molar-refractivity contribution in [1.29, 1.82) is 0 Å². The largest absolute Gasteiger partial charge is 0.481 e. The van der Waals surface area contributed by atoms with Gasteiger partial charge in [0.25, 0.3) is 0 Å². The molecule has 8 nitrogen and oxygen atoms in total. The van der Waals surface area contributed by atoms with Crippen LogP contribution in [0.4, 0.5) is 0 Å². The predicted octanol–water partition coefficient (Wildman–Crippen LogP) is 2.30. The minimum Gasteiger partial charge on any atom is -0.481 e. The minimum atomic E-state index is -1.33. The Morgan fingerprint density at radius 1 is 0.921 bits per heavy atom. The molecule has 214 valence electrons. The average molecular weight is 535 g/mol. The van der Waals surface area contributed by atoms with E-state index in [0.717, 1.165) is 5.57 Å². The van der Waals surface area contributed by atoms with Crippen molar-refractivity contribution in [2.75, 3.05) is 13.2 Å². The van der Waals surface area contributed by atoms with Gasteiger partial charge in [-0.2, -0.15) is 0 Å². The van der Waals surface area contributed by atoms with E-state index < -0.39 is 81.8 Å². The topological polar surface area (TPSA) is 156 Å². The number of hydrogen-bond acceptors (Lipinski definition) is 7. The van der Waals surface area contributed by atoms with E-state index in [2.05, 4.69) is 13.8 Å². The van der Waals surface area contributed by atoms with Gasteiger partial charge in [0, 0.05) is 17.3 Å². The molecular weight excluding hydrogens is 488 g/mol. The molecule has 4 fully saturated rings. The highest BCUT2D eigenvalue weighted by molar-refractivity contribution is 5.96. The number of aliphatic hydroxyl groups is 5. The number of carbonyl (C=O) groups excluding carboxylic acids is 1. The van der Waals surface area contributed by atoms with Crippen molar-refractivity contribution in [3.05, 3.63) is 11.6 Å². The standard InChI is InChI=1S/C30H46O8/c1-25(2)8-10-29(24(37)38)11-9-27(4)16(20(29)23(25)36)12-17(33)21-26(3)13-18(34)22(35)30(14-31,15-32)19(26)6-7-28(21,27)5/h12,18-23,31-32,34-36H,6-11,13-15H2,1-5H3,(H,37,38)/t18-,19?,20+,21-,22+,23+,26+,27-,28-,29+/m1/s1. The Bertz CT molecular complexity index is 1060. The van der Waals surface area contributed by atoms with Crippen LogP contribution >= 0.6 is 0 Å². The Labute approximate surface area is 225 Å². The number of aliphatic carboxylic acids is 1. The Morgan fingerprint density at radius 3 is 2.11 bits per heavy atom. The first kappa shape index (κ1) is 28.2. The summed E-state index contributed by atoms with van der Waals surface area (Å²) in [5.41, 5.74) is -4.12. The molecule has 0 aliphatic heterocycles. The summed E-state index contributed by atoms with van der Waals surface area (Å²) < 4.78 is 0. The molecule has 5 rings (SSSR count). The third-order valence-corrected chi connectivity index (χ3v) is 13.2. The van der Waals surface area contributed by atoms with E-state index in [1.165, 1.54) is 0 Å². The highest BCUT2D eigenvalue weighted by Gasteiger charge is 2.73. The molecule has 4 saturated carbocycles. The van der Waals surface area contributed by atoms with Gasteiger partial charge in [-0.1, -0.05) is 40.2 Å². The van der Waals surface area contributed by atoms with E-state index in [9.17, 15) is 40.2 Å². The van der Waals surface area contributed by atoms with Crippen LogP contribution in [-0.4, -0.2) is 73.9 Å². The van der Waals surface area contributed by atoms with Crippen LogP contribution in [0.5, 0.6) is 0 Å². The summed E-state index contributed by atoms with van der Waals surface area (Å²) in [7, 11) is 0. The summed E-state index contributed by atoms with van der Waals surface area (Å²) in [6.07, 6.45) is 1.59. The second-order valence-electron chi connectivity index (χ2n) is 14.9. The second-order valence-corrected chi connectivity index (χ2v) is 14.9. The first-order valence-electron chi connectivity index (χ1n) is 14.3. The SMILES string of the molecule is CC1(C)CC[C@]2(C(=O)O)CC[C@]3(C)C(=CC(=O)[C@@H]4[C@@]5(C)C[C@@H](O)[C@H](O)C(CO)(CO)C5CC[C@]43C)[C@H]2[C@@H]1O. The third kappa shape index (κ3) is 3.10. The van der Waals surface area contributed by atoms with Crippen molar-refractivity contribution >= 4 is 11.8 Å². The Hall–Kier alpha value is -1.32. The molecule has 5 aliphatic carbocycles. The van der Waals surface area contributed by atoms with Crippen molar-refractivity contribution in [3.8, 4) is 0 Å². The highest BCUT2D eigenvalue weighted by atomic mass is 16.4. The van der Waals surface area contributed by atoms with Gasteiger partial charge in [0.15, 0.2) is 5.78 Å². The molecule has 0 aromatic carbocycles. The predicted molar refractivity (Wildman–Crippen MR) is 139 cm³/mol. The highest BCUT2D eigenvalue weighted by Crippen LogP contribution is 2.75. The summed E-state index contributed by atoms with van der Waals surface area (Å²) in [5, 5.41) is 64.9. The number of carboxylic acids is 1. The zero-order chi connectivity index (χ0) is 28.3. The zero-order valence-corrected chi connectivity index (χ0v) is 23.4. The van der Waals surface area contributed by atoms with Gasteiger partial charge in [-0.05, 0) is 78.6 Å². The Morgan fingerprint density at radius 2 is 1.53 bits per heavy atom. The monoisotopic (exact) mass is 534 g/mol. The van der Waals surface area contributed by atoms with E-state index in [4.69, 9.17) is 0 Å². The van der Waals surface area contributed by atoms with Gasteiger partial charge in [-0.15, -0.1) is 0 Å². The zero-order valence-electron chi connectivity index (χ0n) is 23.4. The maximum Gasteiger partial charge on any atom is 0.310 e. The van der Waals surface area contributed by atoms with Crippen LogP contribution in [0.15, 0.2) is 11.6 Å². The molecule has 0 bridgehead atoms. The number of fused-ring (bicyclic) bond motifs is 7. The molecule has 0 spiro atoms. The summed E-state index contributed by atoms with van der Waals surface area (Å²) in [4.78, 5) is 27.1. The molecule has 8 heteroatoms. The van der Waals surface area contributed by atoms with Gasteiger partial charge < -0.3 is 30.6 Å². The molecule has 10 atom stereocenters. The maximum atomic E-state index is 14.3. The molecule has 0 aromatic rings. The molecular formula is C30H46O8. The van der Waals surface area contributed by atoms with Gasteiger partial charge in [-0.25, -0.2) is 0 Å². The van der Waals surface area contributed by atoms with E-state index in [1.807, 2.05) is 20.8 Å². The molecule has 0 radical (unpaired) electrons.